The van der Waals surface area contributed by atoms with Gasteiger partial charge >= 0.3 is 0 Å². The zero-order chi connectivity index (χ0) is 13.6. The monoisotopic (exact) mass is 366 g/mol. The van der Waals surface area contributed by atoms with Crippen LogP contribution in [0, 0.1) is 17.4 Å². The fourth-order valence-corrected chi connectivity index (χ4v) is 2.85. The molecule has 0 unspecified atom stereocenters. The lowest BCUT2D eigenvalue weighted by Crippen LogP contribution is -2.05. The van der Waals surface area contributed by atoms with Crippen molar-refractivity contribution in [3.63, 3.8) is 0 Å². The summed E-state index contributed by atoms with van der Waals surface area (Å²) in [5.41, 5.74) is 10.2. The van der Waals surface area contributed by atoms with Crippen LogP contribution in [0.1, 0.15) is 35.6 Å². The minimum atomic E-state index is 0.557. The van der Waals surface area contributed by atoms with Crippen molar-refractivity contribution in [1.29, 1.82) is 0 Å². The first kappa shape index (κ1) is 12.8. The van der Waals surface area contributed by atoms with Gasteiger partial charge in [-0.1, -0.05) is 6.07 Å². The average molecular weight is 366 g/mol. The minimum Gasteiger partial charge on any atom is -0.383 e. The fraction of sp³-hybridized carbons (Fsp3) is 0.357. The zero-order valence-electron chi connectivity index (χ0n) is 10.9. The number of nitrogens with zero attached hydrogens (tertiary/aromatic N) is 3. The quantitative estimate of drug-likeness (QED) is 0.829. The summed E-state index contributed by atoms with van der Waals surface area (Å²) in [4.78, 5) is 13.6. The maximum Gasteiger partial charge on any atom is 0.180 e. The molecule has 0 spiro atoms. The third-order valence-electron chi connectivity index (χ3n) is 3.29. The molecule has 2 N–H and O–H groups in total. The van der Waals surface area contributed by atoms with Crippen molar-refractivity contribution in [3.05, 3.63) is 32.7 Å². The van der Waals surface area contributed by atoms with Crippen LogP contribution >= 0.6 is 22.6 Å². The van der Waals surface area contributed by atoms with Crippen LogP contribution in [-0.2, 0) is 0 Å². The summed E-state index contributed by atoms with van der Waals surface area (Å²) >= 11 is 2.24. The van der Waals surface area contributed by atoms with Gasteiger partial charge in [-0.05, 0) is 60.4 Å². The van der Waals surface area contributed by atoms with Crippen molar-refractivity contribution < 1.29 is 0 Å². The highest BCUT2D eigenvalue weighted by atomic mass is 127. The average Bonchev–Trinajstić information content (AvgIpc) is 3.17. The molecule has 0 aliphatic heterocycles. The van der Waals surface area contributed by atoms with E-state index < -0.39 is 0 Å². The van der Waals surface area contributed by atoms with Crippen molar-refractivity contribution >= 4 is 28.4 Å². The number of nitrogen functional groups attached to an aromatic ring is 1. The molecular weight excluding hydrogens is 351 g/mol. The molecule has 0 amide bonds. The highest BCUT2D eigenvalue weighted by Gasteiger charge is 2.29. The maximum atomic E-state index is 6.02. The molecule has 4 nitrogen and oxygen atoms in total. The summed E-state index contributed by atoms with van der Waals surface area (Å²) < 4.78 is 0.994. The van der Waals surface area contributed by atoms with Crippen molar-refractivity contribution in [2.24, 2.45) is 0 Å². The van der Waals surface area contributed by atoms with E-state index >= 15 is 0 Å². The van der Waals surface area contributed by atoms with Gasteiger partial charge < -0.3 is 5.73 Å². The highest BCUT2D eigenvalue weighted by molar-refractivity contribution is 14.1. The maximum absolute atomic E-state index is 6.02. The molecule has 1 aliphatic rings. The minimum absolute atomic E-state index is 0.557. The number of halogens is 1. The summed E-state index contributed by atoms with van der Waals surface area (Å²) in [6.07, 6.45) is 4.25. The number of aromatic nitrogens is 3. The van der Waals surface area contributed by atoms with Gasteiger partial charge in [-0.2, -0.15) is 0 Å². The summed E-state index contributed by atoms with van der Waals surface area (Å²) in [7, 11) is 0. The lowest BCUT2D eigenvalue weighted by Gasteiger charge is -2.09. The second-order valence-corrected chi connectivity index (χ2v) is 6.16. The lowest BCUT2D eigenvalue weighted by atomic mass is 10.1. The number of hydrogen-bond donors (Lipinski definition) is 1. The summed E-state index contributed by atoms with van der Waals surface area (Å²) in [6, 6.07) is 2.09. The first-order valence-corrected chi connectivity index (χ1v) is 7.40. The first-order valence-electron chi connectivity index (χ1n) is 6.33. The fourth-order valence-electron chi connectivity index (χ4n) is 2.17. The second kappa shape index (κ2) is 4.70. The van der Waals surface area contributed by atoms with E-state index in [-0.39, 0.29) is 0 Å². The predicted molar refractivity (Wildman–Crippen MR) is 83.8 cm³/mol. The summed E-state index contributed by atoms with van der Waals surface area (Å²) in [6.45, 7) is 4.06. The Hall–Kier alpha value is -1.24. The van der Waals surface area contributed by atoms with Crippen LogP contribution in [0.2, 0.25) is 0 Å². The third-order valence-corrected chi connectivity index (χ3v) is 4.40. The van der Waals surface area contributed by atoms with Gasteiger partial charge in [0.25, 0.3) is 0 Å². The van der Waals surface area contributed by atoms with Gasteiger partial charge in [0.2, 0.25) is 0 Å². The van der Waals surface area contributed by atoms with Crippen LogP contribution in [0.4, 0.5) is 5.82 Å². The van der Waals surface area contributed by atoms with Gasteiger partial charge in [-0.25, -0.2) is 9.97 Å². The normalized spacial score (nSPS) is 14.7. The van der Waals surface area contributed by atoms with Gasteiger partial charge in [0.1, 0.15) is 11.5 Å². The SMILES string of the molecule is Cc1cnc(-c2nc(N)c(I)c(C3CC3)n2)c(C)c1. The van der Waals surface area contributed by atoms with E-state index in [1.165, 1.54) is 12.8 Å². The molecule has 0 radical (unpaired) electrons. The molecule has 0 saturated heterocycles. The number of nitrogens with two attached hydrogens (primary N) is 1. The molecule has 2 aromatic heterocycles. The Balaban J connectivity index is 2.14. The van der Waals surface area contributed by atoms with Crippen LogP contribution in [0.15, 0.2) is 12.3 Å². The van der Waals surface area contributed by atoms with Gasteiger partial charge in [-0.15, -0.1) is 0 Å². The topological polar surface area (TPSA) is 64.7 Å². The van der Waals surface area contributed by atoms with E-state index in [2.05, 4.69) is 38.6 Å². The second-order valence-electron chi connectivity index (χ2n) is 5.08. The smallest absolute Gasteiger partial charge is 0.180 e. The summed E-state index contributed by atoms with van der Waals surface area (Å²) in [5.74, 6) is 1.77. The van der Waals surface area contributed by atoms with Crippen molar-refractivity contribution in [2.45, 2.75) is 32.6 Å². The Morgan fingerprint density at radius 1 is 1.26 bits per heavy atom. The molecular formula is C14H15IN4. The van der Waals surface area contributed by atoms with E-state index in [1.807, 2.05) is 20.0 Å². The Kier molecular flexibility index (Phi) is 3.16. The number of aryl methyl sites for hydroxylation is 2. The van der Waals surface area contributed by atoms with Crippen molar-refractivity contribution in [1.82, 2.24) is 15.0 Å². The van der Waals surface area contributed by atoms with Gasteiger partial charge in [0.15, 0.2) is 5.82 Å². The number of pyridine rings is 1. The number of hydrogen-bond acceptors (Lipinski definition) is 4. The molecule has 98 valence electrons. The molecule has 1 saturated carbocycles. The van der Waals surface area contributed by atoms with Crippen molar-refractivity contribution in [2.75, 3.05) is 5.73 Å². The molecule has 3 rings (SSSR count). The molecule has 0 bridgehead atoms. The lowest BCUT2D eigenvalue weighted by molar-refractivity contribution is 0.974. The third kappa shape index (κ3) is 2.43. The summed E-state index contributed by atoms with van der Waals surface area (Å²) in [5, 5.41) is 0. The Morgan fingerprint density at radius 2 is 2.00 bits per heavy atom. The Labute approximate surface area is 126 Å². The van der Waals surface area contributed by atoms with E-state index in [4.69, 9.17) is 10.7 Å². The van der Waals surface area contributed by atoms with E-state index in [1.54, 1.807) is 0 Å². The van der Waals surface area contributed by atoms with E-state index in [0.717, 1.165) is 26.1 Å². The Morgan fingerprint density at radius 3 is 2.63 bits per heavy atom. The Bertz CT molecular complexity index is 650. The largest absolute Gasteiger partial charge is 0.383 e. The molecule has 0 atom stereocenters. The molecule has 2 heterocycles. The van der Waals surface area contributed by atoms with E-state index in [0.29, 0.717) is 17.6 Å². The van der Waals surface area contributed by atoms with Crippen LogP contribution in [-0.4, -0.2) is 15.0 Å². The van der Waals surface area contributed by atoms with Crippen molar-refractivity contribution in [3.8, 4) is 11.5 Å². The van der Waals surface area contributed by atoms with Gasteiger partial charge in [0.05, 0.1) is 9.26 Å². The number of anilines is 1. The molecule has 0 aromatic carbocycles. The molecule has 2 aromatic rings. The van der Waals surface area contributed by atoms with Crippen LogP contribution < -0.4 is 5.73 Å². The van der Waals surface area contributed by atoms with Gasteiger partial charge in [0, 0.05) is 12.1 Å². The predicted octanol–water partition coefficient (Wildman–Crippen LogP) is 3.22. The first-order chi connectivity index (χ1) is 9.06. The zero-order valence-corrected chi connectivity index (χ0v) is 13.1. The number of rotatable bonds is 2. The molecule has 1 aliphatic carbocycles. The molecule has 19 heavy (non-hydrogen) atoms. The van der Waals surface area contributed by atoms with Crippen LogP contribution in [0.25, 0.3) is 11.5 Å². The van der Waals surface area contributed by atoms with Crippen LogP contribution in [0.3, 0.4) is 0 Å². The van der Waals surface area contributed by atoms with Gasteiger partial charge in [-0.3, -0.25) is 4.98 Å². The molecule has 5 heteroatoms. The molecule has 1 fully saturated rings. The van der Waals surface area contributed by atoms with Crippen LogP contribution in [0.5, 0.6) is 0 Å². The standard InChI is InChI=1S/C14H15IN4/c1-7-5-8(2)11(17-6-7)14-18-12(9-3-4-9)10(15)13(16)19-14/h5-6,9H,3-4H2,1-2H3,(H2,16,18,19). The van der Waals surface area contributed by atoms with E-state index in [9.17, 15) is 0 Å². The highest BCUT2D eigenvalue weighted by Crippen LogP contribution is 2.42.